The minimum absolute atomic E-state index is 0.993. The largest absolute Gasteiger partial charge is 0.335 e. The number of benzene rings is 2. The van der Waals surface area contributed by atoms with E-state index in [4.69, 9.17) is 0 Å². The van der Waals surface area contributed by atoms with Crippen molar-refractivity contribution in [2.24, 2.45) is 0 Å². The van der Waals surface area contributed by atoms with Crippen molar-refractivity contribution in [3.63, 3.8) is 0 Å². The maximum absolute atomic E-state index is 4.36. The van der Waals surface area contributed by atoms with Crippen molar-refractivity contribution in [2.75, 3.05) is 11.4 Å². The Morgan fingerprint density at radius 2 is 1.86 bits per heavy atom. The molecule has 0 saturated carbocycles. The van der Waals surface area contributed by atoms with Crippen LogP contribution in [0.4, 0.5) is 5.69 Å². The van der Waals surface area contributed by atoms with Gasteiger partial charge in [-0.1, -0.05) is 54.7 Å². The average Bonchev–Trinajstić information content (AvgIpc) is 3.05. The highest BCUT2D eigenvalue weighted by Crippen LogP contribution is 2.50. The van der Waals surface area contributed by atoms with Gasteiger partial charge in [-0.15, -0.1) is 0 Å². The fourth-order valence-corrected chi connectivity index (χ4v) is 4.50. The first kappa shape index (κ1) is 12.8. The van der Waals surface area contributed by atoms with E-state index in [2.05, 4.69) is 66.9 Å². The van der Waals surface area contributed by atoms with E-state index >= 15 is 0 Å². The molecular formula is C19H17NS. The molecule has 0 aromatic heterocycles. The summed E-state index contributed by atoms with van der Waals surface area (Å²) in [7, 11) is 0. The summed E-state index contributed by atoms with van der Waals surface area (Å²) in [6, 6.07) is 17.3. The molecule has 21 heavy (non-hydrogen) atoms. The molecule has 0 fully saturated rings. The summed E-state index contributed by atoms with van der Waals surface area (Å²) in [5.41, 5.74) is 6.63. The topological polar surface area (TPSA) is 3.24 Å². The third-order valence-corrected chi connectivity index (χ3v) is 5.48. The smallest absolute Gasteiger partial charge is 0.0843 e. The van der Waals surface area contributed by atoms with Crippen LogP contribution in [0, 0.1) is 0 Å². The van der Waals surface area contributed by atoms with Gasteiger partial charge in [0.15, 0.2) is 0 Å². The van der Waals surface area contributed by atoms with Crippen molar-refractivity contribution in [2.45, 2.75) is 18.2 Å². The van der Waals surface area contributed by atoms with Crippen LogP contribution in [0.15, 0.2) is 70.6 Å². The highest BCUT2D eigenvalue weighted by atomic mass is 32.2. The lowest BCUT2D eigenvalue weighted by Gasteiger charge is -2.20. The molecule has 1 heterocycles. The van der Waals surface area contributed by atoms with Crippen molar-refractivity contribution in [1.82, 2.24) is 0 Å². The molecule has 2 aromatic rings. The number of hydrogen-bond acceptors (Lipinski definition) is 2. The second-order valence-corrected chi connectivity index (χ2v) is 6.44. The van der Waals surface area contributed by atoms with Gasteiger partial charge in [-0.25, -0.2) is 0 Å². The monoisotopic (exact) mass is 291 g/mol. The molecule has 0 radical (unpaired) electrons. The second-order valence-electron chi connectivity index (χ2n) is 5.41. The third kappa shape index (κ3) is 1.86. The minimum Gasteiger partial charge on any atom is -0.335 e. The number of thioether (sulfide) groups is 1. The number of allylic oxidation sites excluding steroid dienone is 2. The molecule has 0 atom stereocenters. The molecule has 1 aliphatic carbocycles. The van der Waals surface area contributed by atoms with Crippen LogP contribution in [0.25, 0.3) is 5.57 Å². The summed E-state index contributed by atoms with van der Waals surface area (Å²) < 4.78 is 0. The number of para-hydroxylation sites is 1. The van der Waals surface area contributed by atoms with E-state index in [0.29, 0.717) is 0 Å². The molecule has 4 rings (SSSR count). The Bertz CT molecular complexity index is 773. The van der Waals surface area contributed by atoms with Crippen LogP contribution in [0.3, 0.4) is 0 Å². The Morgan fingerprint density at radius 1 is 1.10 bits per heavy atom. The van der Waals surface area contributed by atoms with Crippen molar-refractivity contribution < 1.29 is 0 Å². The minimum atomic E-state index is 0.993. The summed E-state index contributed by atoms with van der Waals surface area (Å²) in [4.78, 5) is 3.78. The van der Waals surface area contributed by atoms with Gasteiger partial charge >= 0.3 is 0 Å². The first-order chi connectivity index (χ1) is 10.3. The average molecular weight is 291 g/mol. The Kier molecular flexibility index (Phi) is 2.93. The molecule has 2 heteroatoms. The first-order valence-corrected chi connectivity index (χ1v) is 8.16. The highest BCUT2D eigenvalue weighted by Gasteiger charge is 2.30. The molecule has 0 saturated heterocycles. The zero-order valence-electron chi connectivity index (χ0n) is 12.1. The van der Waals surface area contributed by atoms with E-state index in [1.165, 1.54) is 37.9 Å². The first-order valence-electron chi connectivity index (χ1n) is 7.34. The van der Waals surface area contributed by atoms with E-state index < -0.39 is 0 Å². The number of nitrogens with zero attached hydrogens (tertiary/aromatic N) is 1. The van der Waals surface area contributed by atoms with Crippen LogP contribution in [0.5, 0.6) is 0 Å². The molecule has 0 N–H and O–H groups in total. The maximum Gasteiger partial charge on any atom is 0.0843 e. The molecule has 0 unspecified atom stereocenters. The van der Waals surface area contributed by atoms with Gasteiger partial charge in [-0.2, -0.15) is 0 Å². The van der Waals surface area contributed by atoms with Gasteiger partial charge < -0.3 is 4.90 Å². The fraction of sp³-hybridized carbons (Fsp3) is 0.158. The van der Waals surface area contributed by atoms with Crippen LogP contribution in [-0.4, -0.2) is 6.54 Å². The van der Waals surface area contributed by atoms with Gasteiger partial charge in [0, 0.05) is 17.9 Å². The molecular weight excluding hydrogens is 274 g/mol. The standard InChI is InChI=1S/C19H17NS/c1-3-20-17-10-6-7-11-18(17)21-19(20)16-12-14-8-4-5-9-15(14)13(16)2/h4-11H,2-3,12H2,1H3/b19-16-. The molecule has 0 amide bonds. The van der Waals surface area contributed by atoms with E-state index in [-0.39, 0.29) is 0 Å². The summed E-state index contributed by atoms with van der Waals surface area (Å²) in [5.74, 6) is 0. The summed E-state index contributed by atoms with van der Waals surface area (Å²) >= 11 is 1.89. The molecule has 104 valence electrons. The van der Waals surface area contributed by atoms with Gasteiger partial charge in [0.2, 0.25) is 0 Å². The zero-order valence-corrected chi connectivity index (χ0v) is 12.9. The highest BCUT2D eigenvalue weighted by molar-refractivity contribution is 8.03. The molecule has 2 aromatic carbocycles. The molecule has 1 nitrogen and oxygen atoms in total. The fourth-order valence-electron chi connectivity index (χ4n) is 3.21. The Balaban J connectivity index is 1.83. The van der Waals surface area contributed by atoms with Gasteiger partial charge in [0.05, 0.1) is 10.7 Å². The molecule has 1 aliphatic heterocycles. The van der Waals surface area contributed by atoms with Crippen molar-refractivity contribution in [1.29, 1.82) is 0 Å². The quantitative estimate of drug-likeness (QED) is 0.719. The van der Waals surface area contributed by atoms with Crippen LogP contribution >= 0.6 is 11.8 Å². The van der Waals surface area contributed by atoms with Crippen molar-refractivity contribution >= 4 is 23.0 Å². The SMILES string of the molecule is C=C1/C(=C2\Sc3ccccc3N2CC)Cc2ccccc21. The number of fused-ring (bicyclic) bond motifs is 2. The Morgan fingerprint density at radius 3 is 2.67 bits per heavy atom. The lowest BCUT2D eigenvalue weighted by atomic mass is 10.1. The van der Waals surface area contributed by atoms with Crippen molar-refractivity contribution in [3.8, 4) is 0 Å². The van der Waals surface area contributed by atoms with Crippen LogP contribution in [-0.2, 0) is 6.42 Å². The predicted octanol–water partition coefficient (Wildman–Crippen LogP) is 5.10. The Hall–Kier alpha value is -1.93. The number of rotatable bonds is 1. The lowest BCUT2D eigenvalue weighted by Crippen LogP contribution is -2.18. The van der Waals surface area contributed by atoms with Gasteiger partial charge in [-0.05, 0) is 41.3 Å². The maximum atomic E-state index is 4.36. The zero-order chi connectivity index (χ0) is 14.4. The van der Waals surface area contributed by atoms with E-state index in [9.17, 15) is 0 Å². The molecule has 2 aliphatic rings. The van der Waals surface area contributed by atoms with E-state index in [1.54, 1.807) is 0 Å². The lowest BCUT2D eigenvalue weighted by molar-refractivity contribution is 0.989. The van der Waals surface area contributed by atoms with Gasteiger partial charge in [0.25, 0.3) is 0 Å². The normalized spacial score (nSPS) is 19.9. The van der Waals surface area contributed by atoms with Crippen LogP contribution in [0.1, 0.15) is 18.1 Å². The van der Waals surface area contributed by atoms with Crippen LogP contribution < -0.4 is 4.90 Å². The summed E-state index contributed by atoms with van der Waals surface area (Å²) in [6.45, 7) is 7.56. The van der Waals surface area contributed by atoms with Crippen LogP contribution in [0.2, 0.25) is 0 Å². The Labute approximate surface area is 130 Å². The summed E-state index contributed by atoms with van der Waals surface area (Å²) in [5, 5.41) is 1.36. The van der Waals surface area contributed by atoms with Crippen molar-refractivity contribution in [3.05, 3.63) is 76.8 Å². The molecule has 0 spiro atoms. The summed E-state index contributed by atoms with van der Waals surface area (Å²) in [6.07, 6.45) is 1.00. The van der Waals surface area contributed by atoms with Gasteiger partial charge in [-0.3, -0.25) is 0 Å². The van der Waals surface area contributed by atoms with E-state index in [1.807, 2.05) is 11.8 Å². The second kappa shape index (κ2) is 4.81. The number of hydrogen-bond donors (Lipinski definition) is 0. The van der Waals surface area contributed by atoms with E-state index in [0.717, 1.165) is 13.0 Å². The molecule has 0 bridgehead atoms. The van der Waals surface area contributed by atoms with Gasteiger partial charge in [0.1, 0.15) is 0 Å². The number of anilines is 1. The third-order valence-electron chi connectivity index (χ3n) is 4.26. The predicted molar refractivity (Wildman–Crippen MR) is 91.5 cm³/mol.